The third kappa shape index (κ3) is 8.26. The van der Waals surface area contributed by atoms with Crippen molar-refractivity contribution >= 4 is 11.8 Å². The van der Waals surface area contributed by atoms with Crippen LogP contribution in [0.5, 0.6) is 5.75 Å². The van der Waals surface area contributed by atoms with Crippen molar-refractivity contribution in [1.82, 2.24) is 10.2 Å². The summed E-state index contributed by atoms with van der Waals surface area (Å²) in [6.45, 7) is 7.20. The highest BCUT2D eigenvalue weighted by molar-refractivity contribution is 5.96. The largest absolute Gasteiger partial charge is 0.497 e. The van der Waals surface area contributed by atoms with E-state index in [2.05, 4.69) is 5.32 Å². The summed E-state index contributed by atoms with van der Waals surface area (Å²) in [4.78, 5) is 28.8. The zero-order chi connectivity index (χ0) is 30.9. The summed E-state index contributed by atoms with van der Waals surface area (Å²) < 4.78 is 33.9. The molecule has 7 nitrogen and oxygen atoms in total. The Bertz CT molecular complexity index is 1290. The maximum atomic E-state index is 14.6. The van der Waals surface area contributed by atoms with E-state index in [1.165, 1.54) is 12.1 Å². The third-order valence-corrected chi connectivity index (χ3v) is 7.68. The number of ether oxygens (including phenoxy) is 1. The highest BCUT2D eigenvalue weighted by Gasteiger charge is 2.50. The number of aliphatic hydroxyl groups excluding tert-OH is 1. The number of aliphatic hydroxyl groups is 1. The van der Waals surface area contributed by atoms with Crippen molar-refractivity contribution in [2.24, 2.45) is 17.1 Å². The molecular weight excluding hydrogens is 540 g/mol. The molecule has 0 spiro atoms. The Morgan fingerprint density at radius 3 is 2.36 bits per heavy atom. The van der Waals surface area contributed by atoms with E-state index in [1.54, 1.807) is 31.1 Å². The van der Waals surface area contributed by atoms with Crippen LogP contribution in [0.4, 0.5) is 8.78 Å². The van der Waals surface area contributed by atoms with Gasteiger partial charge in [-0.1, -0.05) is 43.7 Å². The number of methoxy groups -OCH3 is 1. The van der Waals surface area contributed by atoms with Crippen molar-refractivity contribution in [3.8, 4) is 5.75 Å². The minimum absolute atomic E-state index is 0.00958. The number of rotatable bonds is 15. The minimum Gasteiger partial charge on any atom is -0.497 e. The standard InChI is InChI=1S/C33H43F2N3O4/c1-5-10-38(11-6-2)32(41)33(18-22(3)12-25(19-33)31(36)40)29(16-24-13-26(34)17-27(35)14-24)30(39)21-37-20-23-8-7-9-28(15-23)42-4/h7-9,12-15,17-18,29-30,37,39H,5-6,10-11,16,19-21H2,1-4H3,(H2,36,40)/t29-,30+,33?/m1/s1. The van der Waals surface area contributed by atoms with Gasteiger partial charge in [-0.2, -0.15) is 0 Å². The first-order chi connectivity index (χ1) is 20.0. The molecule has 228 valence electrons. The summed E-state index contributed by atoms with van der Waals surface area (Å²) in [6, 6.07) is 10.7. The topological polar surface area (TPSA) is 105 Å². The molecule has 0 radical (unpaired) electrons. The van der Waals surface area contributed by atoms with Gasteiger partial charge in [-0.3, -0.25) is 9.59 Å². The van der Waals surface area contributed by atoms with Gasteiger partial charge in [0.2, 0.25) is 11.8 Å². The molecule has 4 N–H and O–H groups in total. The Morgan fingerprint density at radius 2 is 1.76 bits per heavy atom. The lowest BCUT2D eigenvalue weighted by molar-refractivity contribution is -0.145. The van der Waals surface area contributed by atoms with Crippen molar-refractivity contribution in [3.63, 3.8) is 0 Å². The molecular formula is C33H43F2N3O4. The van der Waals surface area contributed by atoms with Crippen LogP contribution in [-0.4, -0.2) is 54.7 Å². The van der Waals surface area contributed by atoms with Crippen LogP contribution in [0.2, 0.25) is 0 Å². The average molecular weight is 584 g/mol. The third-order valence-electron chi connectivity index (χ3n) is 7.68. The van der Waals surface area contributed by atoms with Gasteiger partial charge < -0.3 is 25.8 Å². The van der Waals surface area contributed by atoms with Crippen molar-refractivity contribution < 1.29 is 28.2 Å². The summed E-state index contributed by atoms with van der Waals surface area (Å²) in [5.41, 5.74) is 6.51. The summed E-state index contributed by atoms with van der Waals surface area (Å²) >= 11 is 0. The van der Waals surface area contributed by atoms with Crippen molar-refractivity contribution in [1.29, 1.82) is 0 Å². The quantitative estimate of drug-likeness (QED) is 0.283. The number of nitrogens with one attached hydrogen (secondary N) is 1. The first-order valence-electron chi connectivity index (χ1n) is 14.5. The van der Waals surface area contributed by atoms with Crippen molar-refractivity contribution in [2.75, 3.05) is 26.7 Å². The molecule has 0 aliphatic heterocycles. The molecule has 0 fully saturated rings. The van der Waals surface area contributed by atoms with Crippen LogP contribution in [0.25, 0.3) is 0 Å². The smallest absolute Gasteiger partial charge is 0.244 e. The summed E-state index contributed by atoms with van der Waals surface area (Å²) in [5.74, 6) is -2.54. The molecule has 2 aromatic carbocycles. The monoisotopic (exact) mass is 583 g/mol. The van der Waals surface area contributed by atoms with Crippen LogP contribution in [0.15, 0.2) is 65.8 Å². The average Bonchev–Trinajstić information content (AvgIpc) is 2.94. The molecule has 2 aromatic rings. The lowest BCUT2D eigenvalue weighted by Crippen LogP contribution is -2.54. The first kappa shape index (κ1) is 32.9. The van der Waals surface area contributed by atoms with Gasteiger partial charge in [-0.05, 0) is 68.0 Å². The molecule has 3 atom stereocenters. The number of benzene rings is 2. The number of nitrogens with zero attached hydrogens (tertiary/aromatic N) is 1. The van der Waals surface area contributed by atoms with Gasteiger partial charge in [0.15, 0.2) is 0 Å². The summed E-state index contributed by atoms with van der Waals surface area (Å²) in [6.07, 6.45) is 3.71. The van der Waals surface area contributed by atoms with Gasteiger partial charge in [-0.15, -0.1) is 0 Å². The number of amides is 2. The molecule has 3 rings (SSSR count). The fraction of sp³-hybridized carbons (Fsp3) is 0.455. The fourth-order valence-corrected chi connectivity index (χ4v) is 5.91. The Labute approximate surface area is 247 Å². The number of hydrogen-bond acceptors (Lipinski definition) is 5. The molecule has 0 saturated heterocycles. The Hall–Kier alpha value is -3.56. The van der Waals surface area contributed by atoms with E-state index >= 15 is 0 Å². The van der Waals surface area contributed by atoms with Gasteiger partial charge in [0.25, 0.3) is 0 Å². The predicted molar refractivity (Wildman–Crippen MR) is 160 cm³/mol. The van der Waals surface area contributed by atoms with Crippen LogP contribution in [0.1, 0.15) is 51.2 Å². The predicted octanol–water partition coefficient (Wildman–Crippen LogP) is 4.68. The number of allylic oxidation sites excluding steroid dienone is 2. The second-order valence-corrected chi connectivity index (χ2v) is 11.1. The number of hydrogen-bond donors (Lipinski definition) is 3. The number of carbonyl (C=O) groups is 2. The molecule has 42 heavy (non-hydrogen) atoms. The first-order valence-corrected chi connectivity index (χ1v) is 14.5. The van der Waals surface area contributed by atoms with Gasteiger partial charge in [0.05, 0.1) is 18.6 Å². The number of nitrogens with two attached hydrogens (primary N) is 1. The van der Waals surface area contributed by atoms with E-state index in [-0.39, 0.29) is 30.9 Å². The maximum Gasteiger partial charge on any atom is 0.244 e. The molecule has 0 aromatic heterocycles. The summed E-state index contributed by atoms with van der Waals surface area (Å²) in [7, 11) is 1.58. The van der Waals surface area contributed by atoms with E-state index in [0.29, 0.717) is 49.4 Å². The normalized spacial score (nSPS) is 18.1. The Morgan fingerprint density at radius 1 is 1.10 bits per heavy atom. The van der Waals surface area contributed by atoms with Crippen LogP contribution < -0.4 is 15.8 Å². The maximum absolute atomic E-state index is 14.6. The molecule has 0 saturated carbocycles. The van der Waals surface area contributed by atoms with Gasteiger partial charge >= 0.3 is 0 Å². The number of carbonyl (C=O) groups excluding carboxylic acids is 2. The van der Waals surface area contributed by atoms with Gasteiger partial charge in [-0.25, -0.2) is 8.78 Å². The molecule has 1 aliphatic carbocycles. The number of primary amides is 1. The zero-order valence-corrected chi connectivity index (χ0v) is 25.0. The molecule has 2 amide bonds. The molecule has 0 heterocycles. The highest BCUT2D eigenvalue weighted by atomic mass is 19.1. The van der Waals surface area contributed by atoms with Crippen LogP contribution in [0.3, 0.4) is 0 Å². The Kier molecular flexibility index (Phi) is 11.8. The van der Waals surface area contributed by atoms with E-state index in [9.17, 15) is 23.5 Å². The van der Waals surface area contributed by atoms with Crippen molar-refractivity contribution in [3.05, 3.63) is 88.5 Å². The SMILES string of the molecule is CCCN(CCC)C(=O)C1([C@H](Cc2cc(F)cc(F)c2)[C@@H](O)CNCc2cccc(OC)c2)C=C(C)C=C(C(N)=O)C1. The zero-order valence-electron chi connectivity index (χ0n) is 25.0. The fourth-order valence-electron chi connectivity index (χ4n) is 5.91. The second kappa shape index (κ2) is 15.1. The second-order valence-electron chi connectivity index (χ2n) is 11.1. The van der Waals surface area contributed by atoms with Gasteiger partial charge in [0, 0.05) is 43.7 Å². The van der Waals surface area contributed by atoms with Crippen LogP contribution in [-0.2, 0) is 22.6 Å². The van der Waals surface area contributed by atoms with Crippen molar-refractivity contribution in [2.45, 2.75) is 59.1 Å². The Balaban J connectivity index is 2.08. The number of halogens is 2. The molecule has 0 bridgehead atoms. The molecule has 1 aliphatic rings. The lowest BCUT2D eigenvalue weighted by Gasteiger charge is -2.45. The molecule has 9 heteroatoms. The summed E-state index contributed by atoms with van der Waals surface area (Å²) in [5, 5.41) is 15.1. The van der Waals surface area contributed by atoms with E-state index in [1.807, 2.05) is 38.1 Å². The van der Waals surface area contributed by atoms with E-state index < -0.39 is 35.0 Å². The van der Waals surface area contributed by atoms with Crippen LogP contribution >= 0.6 is 0 Å². The van der Waals surface area contributed by atoms with E-state index in [0.717, 1.165) is 11.6 Å². The molecule has 1 unspecified atom stereocenters. The highest BCUT2D eigenvalue weighted by Crippen LogP contribution is 2.45. The van der Waals surface area contributed by atoms with Crippen LogP contribution in [0, 0.1) is 23.0 Å². The lowest BCUT2D eigenvalue weighted by atomic mass is 9.63. The van der Waals surface area contributed by atoms with E-state index in [4.69, 9.17) is 10.5 Å². The van der Waals surface area contributed by atoms with Gasteiger partial charge in [0.1, 0.15) is 17.4 Å². The minimum atomic E-state index is -1.38.